The van der Waals surface area contributed by atoms with Gasteiger partial charge in [0.2, 0.25) is 0 Å². The molecule has 0 heterocycles. The topological polar surface area (TPSA) is 110 Å². The van der Waals surface area contributed by atoms with Crippen molar-refractivity contribution in [1.29, 1.82) is 0 Å². The van der Waals surface area contributed by atoms with Crippen LogP contribution < -0.4 is 0 Å². The van der Waals surface area contributed by atoms with Crippen molar-refractivity contribution in [3.05, 3.63) is 35.4 Å². The van der Waals surface area contributed by atoms with E-state index in [9.17, 15) is 14.4 Å². The molecule has 0 amide bonds. The molecule has 2 N–H and O–H groups in total. The predicted octanol–water partition coefficient (Wildman–Crippen LogP) is 4.22. The fraction of sp³-hybridized carbons (Fsp3) is 0.591. The van der Waals surface area contributed by atoms with Crippen molar-refractivity contribution in [2.24, 2.45) is 0 Å². The van der Waals surface area contributed by atoms with E-state index in [0.717, 1.165) is 38.5 Å². The minimum absolute atomic E-state index is 0.269. The van der Waals surface area contributed by atoms with Gasteiger partial charge < -0.3 is 19.7 Å². The Kier molecular flexibility index (Phi) is 15.2. The van der Waals surface area contributed by atoms with Gasteiger partial charge in [0, 0.05) is 0 Å². The number of carboxylic acids is 1. The third-order valence-electron chi connectivity index (χ3n) is 3.95. The number of aliphatic hydroxyl groups excluding tert-OH is 1. The molecule has 0 aromatic heterocycles. The highest BCUT2D eigenvalue weighted by Crippen LogP contribution is 2.12. The van der Waals surface area contributed by atoms with Gasteiger partial charge in [0.25, 0.3) is 0 Å². The van der Waals surface area contributed by atoms with Gasteiger partial charge in [0.15, 0.2) is 6.10 Å². The number of carboxylic acid groups (broad SMARTS) is 1. The lowest BCUT2D eigenvalue weighted by atomic mass is 10.1. The number of unbranched alkanes of at least 4 members (excludes halogenated alkanes) is 3. The summed E-state index contributed by atoms with van der Waals surface area (Å²) >= 11 is 0. The molecule has 0 saturated heterocycles. The SMILES string of the molecule is CCCCC(O)C(=O)O.CCCCOC(=O)c1ccccc1C(=O)OCCCC. The smallest absolute Gasteiger partial charge is 0.339 e. The summed E-state index contributed by atoms with van der Waals surface area (Å²) in [5, 5.41) is 16.8. The van der Waals surface area contributed by atoms with Crippen molar-refractivity contribution >= 4 is 17.9 Å². The van der Waals surface area contributed by atoms with E-state index < -0.39 is 24.0 Å². The number of esters is 2. The van der Waals surface area contributed by atoms with Crippen LogP contribution in [0.4, 0.5) is 0 Å². The van der Waals surface area contributed by atoms with Crippen LogP contribution in [0, 0.1) is 0 Å². The number of carbonyl (C=O) groups excluding carboxylic acids is 2. The molecular formula is C22H34O7. The first-order valence-electron chi connectivity index (χ1n) is 10.2. The molecule has 29 heavy (non-hydrogen) atoms. The van der Waals surface area contributed by atoms with Crippen molar-refractivity contribution in [2.75, 3.05) is 13.2 Å². The summed E-state index contributed by atoms with van der Waals surface area (Å²) in [5.41, 5.74) is 0.537. The molecule has 1 atom stereocenters. The van der Waals surface area contributed by atoms with Gasteiger partial charge >= 0.3 is 17.9 Å². The third-order valence-corrected chi connectivity index (χ3v) is 3.95. The number of aliphatic carboxylic acids is 1. The highest BCUT2D eigenvalue weighted by atomic mass is 16.5. The standard InChI is InChI=1S/C16H22O4.C6H12O3/c1-3-5-11-19-15(17)13-9-7-8-10-14(13)16(18)20-12-6-4-2;1-2-3-4-5(7)6(8)9/h7-10H,3-6,11-12H2,1-2H3;5,7H,2-4H2,1H3,(H,8,9). The van der Waals surface area contributed by atoms with Crippen molar-refractivity contribution < 1.29 is 34.1 Å². The average molecular weight is 411 g/mol. The van der Waals surface area contributed by atoms with E-state index in [0.29, 0.717) is 19.6 Å². The van der Waals surface area contributed by atoms with E-state index in [2.05, 4.69) is 0 Å². The second kappa shape index (κ2) is 16.5. The maximum absolute atomic E-state index is 11.9. The lowest BCUT2D eigenvalue weighted by Gasteiger charge is -2.09. The third kappa shape index (κ3) is 11.9. The normalized spacial score (nSPS) is 11.0. The summed E-state index contributed by atoms with van der Waals surface area (Å²) in [6, 6.07) is 6.59. The second-order valence-corrected chi connectivity index (χ2v) is 6.52. The van der Waals surface area contributed by atoms with E-state index in [1.807, 2.05) is 20.8 Å². The monoisotopic (exact) mass is 410 g/mol. The molecule has 0 bridgehead atoms. The van der Waals surface area contributed by atoms with E-state index in [4.69, 9.17) is 19.7 Å². The Hall–Kier alpha value is -2.41. The van der Waals surface area contributed by atoms with Gasteiger partial charge in [-0.3, -0.25) is 0 Å². The van der Waals surface area contributed by atoms with Crippen molar-refractivity contribution in [3.8, 4) is 0 Å². The van der Waals surface area contributed by atoms with Crippen LogP contribution in [0.1, 0.15) is 86.4 Å². The molecule has 0 aliphatic carbocycles. The number of aliphatic hydroxyl groups is 1. The fourth-order valence-corrected chi connectivity index (χ4v) is 2.13. The van der Waals surface area contributed by atoms with E-state index in [1.54, 1.807) is 24.3 Å². The van der Waals surface area contributed by atoms with Gasteiger partial charge in [-0.1, -0.05) is 58.6 Å². The molecule has 1 rings (SSSR count). The van der Waals surface area contributed by atoms with Gasteiger partial charge in [-0.2, -0.15) is 0 Å². The number of hydrogen-bond acceptors (Lipinski definition) is 6. The summed E-state index contributed by atoms with van der Waals surface area (Å²) in [4.78, 5) is 33.8. The maximum Gasteiger partial charge on any atom is 0.339 e. The van der Waals surface area contributed by atoms with Crippen LogP contribution in [0.3, 0.4) is 0 Å². The number of hydrogen-bond donors (Lipinski definition) is 2. The molecule has 0 radical (unpaired) electrons. The van der Waals surface area contributed by atoms with E-state index in [-0.39, 0.29) is 11.1 Å². The quantitative estimate of drug-likeness (QED) is 0.392. The molecule has 0 saturated carbocycles. The Morgan fingerprint density at radius 2 is 1.24 bits per heavy atom. The van der Waals surface area contributed by atoms with Gasteiger partial charge in [-0.15, -0.1) is 0 Å². The van der Waals surface area contributed by atoms with Crippen LogP contribution in [-0.2, 0) is 14.3 Å². The minimum atomic E-state index is -1.16. The molecular weight excluding hydrogens is 376 g/mol. The highest BCUT2D eigenvalue weighted by Gasteiger charge is 2.18. The Balaban J connectivity index is 0.000000734. The molecule has 0 fully saturated rings. The Bertz CT molecular complexity index is 572. The molecule has 1 aromatic carbocycles. The van der Waals surface area contributed by atoms with E-state index in [1.165, 1.54) is 0 Å². The highest BCUT2D eigenvalue weighted by molar-refractivity contribution is 6.03. The molecule has 0 aliphatic heterocycles. The van der Waals surface area contributed by atoms with Crippen molar-refractivity contribution in [3.63, 3.8) is 0 Å². The summed E-state index contributed by atoms with van der Waals surface area (Å²) in [6.07, 6.45) is 4.43. The fourth-order valence-electron chi connectivity index (χ4n) is 2.13. The van der Waals surface area contributed by atoms with E-state index >= 15 is 0 Å². The first-order valence-corrected chi connectivity index (χ1v) is 10.2. The van der Waals surface area contributed by atoms with Crippen molar-refractivity contribution in [1.82, 2.24) is 0 Å². The zero-order valence-electron chi connectivity index (χ0n) is 17.7. The van der Waals surface area contributed by atoms with Gasteiger partial charge in [-0.25, -0.2) is 14.4 Å². The Morgan fingerprint density at radius 1 is 0.828 bits per heavy atom. The van der Waals surface area contributed by atoms with Crippen LogP contribution in [-0.4, -0.2) is 47.4 Å². The summed E-state index contributed by atoms with van der Waals surface area (Å²) < 4.78 is 10.3. The first-order chi connectivity index (χ1) is 13.9. The van der Waals surface area contributed by atoms with Gasteiger partial charge in [-0.05, 0) is 31.4 Å². The van der Waals surface area contributed by atoms with Crippen LogP contribution in [0.15, 0.2) is 24.3 Å². The predicted molar refractivity (Wildman–Crippen MR) is 110 cm³/mol. The molecule has 0 spiro atoms. The molecule has 7 heteroatoms. The van der Waals surface area contributed by atoms with Gasteiger partial charge in [0.1, 0.15) is 0 Å². The van der Waals surface area contributed by atoms with Crippen LogP contribution in [0.2, 0.25) is 0 Å². The molecule has 164 valence electrons. The summed E-state index contributed by atoms with van der Waals surface area (Å²) in [7, 11) is 0. The molecule has 7 nitrogen and oxygen atoms in total. The Morgan fingerprint density at radius 3 is 1.59 bits per heavy atom. The summed E-state index contributed by atoms with van der Waals surface area (Å²) in [5.74, 6) is -2.06. The number of carbonyl (C=O) groups is 3. The zero-order valence-corrected chi connectivity index (χ0v) is 17.7. The molecule has 1 aromatic rings. The summed E-state index contributed by atoms with van der Waals surface area (Å²) in [6.45, 7) is 6.73. The number of ether oxygens (including phenoxy) is 2. The van der Waals surface area contributed by atoms with Crippen molar-refractivity contribution in [2.45, 2.75) is 71.8 Å². The average Bonchev–Trinajstić information content (AvgIpc) is 2.72. The Labute approximate surface area is 173 Å². The minimum Gasteiger partial charge on any atom is -0.479 e. The van der Waals surface area contributed by atoms with Crippen LogP contribution in [0.25, 0.3) is 0 Å². The largest absolute Gasteiger partial charge is 0.479 e. The first kappa shape index (κ1) is 26.6. The second-order valence-electron chi connectivity index (χ2n) is 6.52. The lowest BCUT2D eigenvalue weighted by Crippen LogP contribution is -2.18. The lowest BCUT2D eigenvalue weighted by molar-refractivity contribution is -0.146. The maximum atomic E-state index is 11.9. The molecule has 1 unspecified atom stereocenters. The van der Waals surface area contributed by atoms with Crippen LogP contribution in [0.5, 0.6) is 0 Å². The van der Waals surface area contributed by atoms with Gasteiger partial charge in [0.05, 0.1) is 24.3 Å². The number of rotatable bonds is 12. The van der Waals surface area contributed by atoms with Crippen LogP contribution >= 0.6 is 0 Å². The molecule has 0 aliphatic rings. The zero-order chi connectivity index (χ0) is 22.1. The number of benzene rings is 1.